The van der Waals surface area contributed by atoms with Gasteiger partial charge in [-0.2, -0.15) is 0 Å². The van der Waals surface area contributed by atoms with E-state index in [2.05, 4.69) is 4.90 Å². The highest BCUT2D eigenvalue weighted by molar-refractivity contribution is 5.73. The number of anilines is 2. The molecule has 2 aromatic rings. The predicted octanol–water partition coefficient (Wildman–Crippen LogP) is 3.29. The van der Waals surface area contributed by atoms with Crippen LogP contribution < -0.4 is 15.4 Å². The first-order valence-corrected chi connectivity index (χ1v) is 6.35. The van der Waals surface area contributed by atoms with Crippen molar-refractivity contribution in [3.63, 3.8) is 0 Å². The normalized spacial score (nSPS) is 10.7. The molecule has 1 aromatic carbocycles. The summed E-state index contributed by atoms with van der Waals surface area (Å²) in [5, 5.41) is 0. The van der Waals surface area contributed by atoms with E-state index in [9.17, 15) is 0 Å². The van der Waals surface area contributed by atoms with Crippen molar-refractivity contribution in [2.24, 2.45) is 0 Å². The minimum Gasteiger partial charge on any atom is -0.489 e. The van der Waals surface area contributed by atoms with Gasteiger partial charge in [0.05, 0.1) is 30.0 Å². The van der Waals surface area contributed by atoms with Gasteiger partial charge in [0.1, 0.15) is 5.75 Å². The van der Waals surface area contributed by atoms with Crippen molar-refractivity contribution in [3.8, 4) is 5.75 Å². The average Bonchev–Trinajstić information content (AvgIpc) is 2.84. The number of hydrogen-bond acceptors (Lipinski definition) is 4. The van der Waals surface area contributed by atoms with E-state index in [-0.39, 0.29) is 6.10 Å². The molecular weight excluding hydrogens is 240 g/mol. The quantitative estimate of drug-likeness (QED) is 0.838. The highest BCUT2D eigenvalue weighted by Crippen LogP contribution is 2.32. The van der Waals surface area contributed by atoms with Crippen LogP contribution in [0.2, 0.25) is 0 Å². The van der Waals surface area contributed by atoms with Crippen LogP contribution in [0, 0.1) is 0 Å². The molecule has 1 aromatic heterocycles. The molecule has 19 heavy (non-hydrogen) atoms. The molecule has 0 bridgehead atoms. The van der Waals surface area contributed by atoms with E-state index in [1.54, 1.807) is 12.5 Å². The van der Waals surface area contributed by atoms with Gasteiger partial charge in [-0.05, 0) is 32.0 Å². The molecule has 0 aliphatic rings. The molecule has 0 aliphatic carbocycles. The number of hydrogen-bond donors (Lipinski definition) is 1. The molecule has 0 fully saturated rings. The summed E-state index contributed by atoms with van der Waals surface area (Å²) in [5.41, 5.74) is 8.91. The maximum atomic E-state index is 6.17. The second-order valence-electron chi connectivity index (χ2n) is 4.84. The second kappa shape index (κ2) is 5.69. The molecular formula is C15H20N2O2. The van der Waals surface area contributed by atoms with E-state index in [0.29, 0.717) is 5.69 Å². The van der Waals surface area contributed by atoms with Gasteiger partial charge in [0.2, 0.25) is 0 Å². The van der Waals surface area contributed by atoms with Gasteiger partial charge in [0.15, 0.2) is 0 Å². The number of furan rings is 1. The number of benzene rings is 1. The van der Waals surface area contributed by atoms with Crippen LogP contribution >= 0.6 is 0 Å². The number of nitrogen functional groups attached to an aromatic ring is 1. The van der Waals surface area contributed by atoms with E-state index in [4.69, 9.17) is 14.9 Å². The Kier molecular flexibility index (Phi) is 4.00. The smallest absolute Gasteiger partial charge is 0.144 e. The monoisotopic (exact) mass is 260 g/mol. The predicted molar refractivity (Wildman–Crippen MR) is 77.4 cm³/mol. The summed E-state index contributed by atoms with van der Waals surface area (Å²) in [5.74, 6) is 0.728. The van der Waals surface area contributed by atoms with Crippen LogP contribution in [0.15, 0.2) is 41.2 Å². The summed E-state index contributed by atoms with van der Waals surface area (Å²) in [6.07, 6.45) is 3.52. The van der Waals surface area contributed by atoms with Crippen LogP contribution in [-0.2, 0) is 6.54 Å². The van der Waals surface area contributed by atoms with Crippen LogP contribution in [0.5, 0.6) is 5.75 Å². The summed E-state index contributed by atoms with van der Waals surface area (Å²) in [4.78, 5) is 2.08. The van der Waals surface area contributed by atoms with Gasteiger partial charge >= 0.3 is 0 Å². The fraction of sp³-hybridized carbons (Fsp3) is 0.333. The van der Waals surface area contributed by atoms with Gasteiger partial charge < -0.3 is 19.8 Å². The van der Waals surface area contributed by atoms with Crippen molar-refractivity contribution >= 4 is 11.4 Å². The summed E-state index contributed by atoms with van der Waals surface area (Å²) >= 11 is 0. The van der Waals surface area contributed by atoms with Crippen LogP contribution in [0.1, 0.15) is 19.4 Å². The first-order chi connectivity index (χ1) is 9.08. The molecule has 0 saturated carbocycles. The third kappa shape index (κ3) is 3.22. The summed E-state index contributed by atoms with van der Waals surface area (Å²) in [6.45, 7) is 4.72. The molecule has 4 heteroatoms. The van der Waals surface area contributed by atoms with Crippen LogP contribution in [-0.4, -0.2) is 13.2 Å². The van der Waals surface area contributed by atoms with Crippen molar-refractivity contribution in [1.29, 1.82) is 0 Å². The molecule has 1 heterocycles. The molecule has 2 rings (SSSR count). The zero-order chi connectivity index (χ0) is 13.8. The molecule has 0 unspecified atom stereocenters. The molecule has 2 N–H and O–H groups in total. The Hall–Kier alpha value is -2.10. The van der Waals surface area contributed by atoms with E-state index < -0.39 is 0 Å². The molecule has 0 spiro atoms. The van der Waals surface area contributed by atoms with E-state index in [1.807, 2.05) is 45.2 Å². The van der Waals surface area contributed by atoms with Gasteiger partial charge in [0, 0.05) is 19.2 Å². The Morgan fingerprint density at radius 1 is 1.32 bits per heavy atom. The number of nitrogens with zero attached hydrogens (tertiary/aromatic N) is 1. The molecule has 0 atom stereocenters. The molecule has 102 valence electrons. The van der Waals surface area contributed by atoms with Crippen molar-refractivity contribution in [2.75, 3.05) is 17.7 Å². The van der Waals surface area contributed by atoms with Crippen molar-refractivity contribution < 1.29 is 9.15 Å². The Bertz CT molecular complexity index is 521. The fourth-order valence-corrected chi connectivity index (χ4v) is 1.96. The largest absolute Gasteiger partial charge is 0.489 e. The third-order valence-electron chi connectivity index (χ3n) is 2.82. The molecule has 0 saturated heterocycles. The van der Waals surface area contributed by atoms with Gasteiger partial charge in [-0.25, -0.2) is 0 Å². The fourth-order valence-electron chi connectivity index (χ4n) is 1.96. The van der Waals surface area contributed by atoms with Crippen LogP contribution in [0.25, 0.3) is 0 Å². The highest BCUT2D eigenvalue weighted by atomic mass is 16.5. The molecule has 0 aliphatic heterocycles. The Morgan fingerprint density at radius 2 is 2.11 bits per heavy atom. The van der Waals surface area contributed by atoms with Gasteiger partial charge in [-0.1, -0.05) is 6.07 Å². The van der Waals surface area contributed by atoms with Crippen molar-refractivity contribution in [3.05, 3.63) is 42.4 Å². The SMILES string of the molecule is CC(C)Oc1cccc(N(C)Cc2ccoc2)c1N. The minimum absolute atomic E-state index is 0.108. The second-order valence-corrected chi connectivity index (χ2v) is 4.84. The number of ether oxygens (including phenoxy) is 1. The average molecular weight is 260 g/mol. The first kappa shape index (κ1) is 13.3. The molecule has 4 nitrogen and oxygen atoms in total. The summed E-state index contributed by atoms with van der Waals surface area (Å²) < 4.78 is 10.8. The number of rotatable bonds is 5. The van der Waals surface area contributed by atoms with Crippen LogP contribution in [0.4, 0.5) is 11.4 Å². The Labute approximate surface area is 113 Å². The van der Waals surface area contributed by atoms with Gasteiger partial charge in [-0.3, -0.25) is 0 Å². The first-order valence-electron chi connectivity index (χ1n) is 6.35. The topological polar surface area (TPSA) is 51.6 Å². The van der Waals surface area contributed by atoms with Gasteiger partial charge in [0.25, 0.3) is 0 Å². The summed E-state index contributed by atoms with van der Waals surface area (Å²) in [6, 6.07) is 7.78. The maximum Gasteiger partial charge on any atom is 0.144 e. The van der Waals surface area contributed by atoms with Gasteiger partial charge in [-0.15, -0.1) is 0 Å². The lowest BCUT2D eigenvalue weighted by Crippen LogP contribution is -2.18. The molecule has 0 amide bonds. The third-order valence-corrected chi connectivity index (χ3v) is 2.82. The number of para-hydroxylation sites is 1. The van der Waals surface area contributed by atoms with Crippen LogP contribution in [0.3, 0.4) is 0 Å². The summed E-state index contributed by atoms with van der Waals surface area (Å²) in [7, 11) is 2.00. The molecule has 0 radical (unpaired) electrons. The highest BCUT2D eigenvalue weighted by Gasteiger charge is 2.11. The number of nitrogens with two attached hydrogens (primary N) is 1. The van der Waals surface area contributed by atoms with E-state index >= 15 is 0 Å². The van der Waals surface area contributed by atoms with Crippen molar-refractivity contribution in [1.82, 2.24) is 0 Å². The zero-order valence-corrected chi connectivity index (χ0v) is 11.6. The lowest BCUT2D eigenvalue weighted by molar-refractivity contribution is 0.244. The standard InChI is InChI=1S/C15H20N2O2/c1-11(2)19-14-6-4-5-13(15(14)16)17(3)9-12-7-8-18-10-12/h4-8,10-11H,9,16H2,1-3H3. The lowest BCUT2D eigenvalue weighted by Gasteiger charge is -2.22. The zero-order valence-electron chi connectivity index (χ0n) is 11.6. The lowest BCUT2D eigenvalue weighted by atomic mass is 10.2. The van der Waals surface area contributed by atoms with Crippen molar-refractivity contribution in [2.45, 2.75) is 26.5 Å². The minimum atomic E-state index is 0.108. The Balaban J connectivity index is 2.19. The van der Waals surface area contributed by atoms with E-state index in [1.165, 1.54) is 0 Å². The maximum absolute atomic E-state index is 6.17. The van der Waals surface area contributed by atoms with E-state index in [0.717, 1.165) is 23.5 Å². The Morgan fingerprint density at radius 3 is 2.74 bits per heavy atom.